The molecule has 0 aliphatic rings. The first-order valence-corrected chi connectivity index (χ1v) is 6.85. The van der Waals surface area contributed by atoms with Crippen LogP contribution in [0.15, 0.2) is 5.16 Å². The van der Waals surface area contributed by atoms with Gasteiger partial charge in [0.1, 0.15) is 12.4 Å². The second kappa shape index (κ2) is 7.29. The van der Waals surface area contributed by atoms with E-state index in [-0.39, 0.29) is 11.7 Å². The first kappa shape index (κ1) is 17.3. The van der Waals surface area contributed by atoms with Crippen molar-refractivity contribution in [2.45, 2.75) is 31.1 Å². The summed E-state index contributed by atoms with van der Waals surface area (Å²) in [6, 6.07) is -1.20. The van der Waals surface area contributed by atoms with Crippen LogP contribution in [0.25, 0.3) is 0 Å². The number of H-pyrrole nitrogens is 1. The van der Waals surface area contributed by atoms with Gasteiger partial charge in [0.25, 0.3) is 0 Å². The second-order valence-electron chi connectivity index (χ2n) is 4.29. The Labute approximate surface area is 122 Å². The third-order valence-electron chi connectivity index (χ3n) is 2.06. The van der Waals surface area contributed by atoms with Gasteiger partial charge in [-0.1, -0.05) is 25.6 Å². The van der Waals surface area contributed by atoms with Crippen molar-refractivity contribution in [2.75, 3.05) is 12.3 Å². The summed E-state index contributed by atoms with van der Waals surface area (Å²) in [6.45, 7) is 2.32. The normalized spacial score (nSPS) is 11.5. The van der Waals surface area contributed by atoms with Gasteiger partial charge < -0.3 is 5.32 Å². The molecule has 0 aliphatic carbocycles. The fourth-order valence-electron chi connectivity index (χ4n) is 1.10. The minimum atomic E-state index is -4.53. The van der Waals surface area contributed by atoms with Crippen molar-refractivity contribution in [2.24, 2.45) is 0 Å². The summed E-state index contributed by atoms with van der Waals surface area (Å²) in [5.74, 6) is -0.125. The van der Waals surface area contributed by atoms with Crippen LogP contribution in [0.5, 0.6) is 0 Å². The number of hydrogen-bond acceptors (Lipinski definition) is 5. The van der Waals surface area contributed by atoms with Crippen LogP contribution in [0.3, 0.4) is 0 Å². The molecule has 3 amide bonds. The molecule has 1 aromatic rings. The third-order valence-corrected chi connectivity index (χ3v) is 2.91. The van der Waals surface area contributed by atoms with Crippen LogP contribution in [0, 0.1) is 0 Å². The predicted molar refractivity (Wildman–Crippen MR) is 68.8 cm³/mol. The SMILES string of the molecule is CC(C)c1nc(SCC(=O)NC(=O)NCC(F)(F)F)n[nH]1. The average Bonchev–Trinajstić information content (AvgIpc) is 2.82. The molecule has 0 spiro atoms. The zero-order valence-electron chi connectivity index (χ0n) is 11.2. The van der Waals surface area contributed by atoms with Crippen molar-refractivity contribution in [3.05, 3.63) is 5.82 Å². The Balaban J connectivity index is 2.31. The van der Waals surface area contributed by atoms with Crippen LogP contribution in [0.1, 0.15) is 25.6 Å². The van der Waals surface area contributed by atoms with Crippen molar-refractivity contribution in [1.82, 2.24) is 25.8 Å². The van der Waals surface area contributed by atoms with Crippen LogP contribution in [-0.4, -0.2) is 45.6 Å². The molecule has 0 fully saturated rings. The van der Waals surface area contributed by atoms with Gasteiger partial charge in [0.2, 0.25) is 11.1 Å². The minimum Gasteiger partial charge on any atom is -0.329 e. The van der Waals surface area contributed by atoms with Crippen molar-refractivity contribution < 1.29 is 22.8 Å². The van der Waals surface area contributed by atoms with E-state index in [4.69, 9.17) is 0 Å². The Morgan fingerprint density at radius 3 is 2.57 bits per heavy atom. The average molecular weight is 325 g/mol. The molecular formula is C10H14F3N5O2S. The van der Waals surface area contributed by atoms with Crippen LogP contribution < -0.4 is 10.6 Å². The first-order valence-electron chi connectivity index (χ1n) is 5.87. The van der Waals surface area contributed by atoms with E-state index in [0.29, 0.717) is 11.0 Å². The lowest BCUT2D eigenvalue weighted by Gasteiger charge is -2.08. The van der Waals surface area contributed by atoms with E-state index in [0.717, 1.165) is 11.8 Å². The number of alkyl halides is 3. The number of thioether (sulfide) groups is 1. The van der Waals surface area contributed by atoms with Gasteiger partial charge in [-0.05, 0) is 0 Å². The number of rotatable bonds is 5. The minimum absolute atomic E-state index is 0.147. The van der Waals surface area contributed by atoms with Gasteiger partial charge in [0, 0.05) is 5.92 Å². The molecule has 0 saturated heterocycles. The van der Waals surface area contributed by atoms with E-state index in [1.54, 1.807) is 5.32 Å². The standard InChI is InChI=1S/C10H14F3N5O2S/c1-5(2)7-16-9(18-17-7)21-3-6(19)15-8(20)14-4-10(11,12)13/h5H,3-4H2,1-2H3,(H,16,17,18)(H2,14,15,19,20). The monoisotopic (exact) mass is 325 g/mol. The molecule has 0 radical (unpaired) electrons. The smallest absolute Gasteiger partial charge is 0.329 e. The van der Waals surface area contributed by atoms with Gasteiger partial charge in [-0.25, -0.2) is 9.78 Å². The van der Waals surface area contributed by atoms with Crippen LogP contribution in [0.4, 0.5) is 18.0 Å². The molecule has 0 saturated carbocycles. The fourth-order valence-corrected chi connectivity index (χ4v) is 1.70. The molecule has 11 heteroatoms. The van der Waals surface area contributed by atoms with Gasteiger partial charge >= 0.3 is 12.2 Å². The number of carbonyl (C=O) groups excluding carboxylic acids is 2. The lowest BCUT2D eigenvalue weighted by atomic mass is 10.2. The number of amides is 3. The Morgan fingerprint density at radius 1 is 1.38 bits per heavy atom. The number of aromatic amines is 1. The summed E-state index contributed by atoms with van der Waals surface area (Å²) in [5, 5.41) is 10.2. The molecule has 1 aromatic heterocycles. The predicted octanol–water partition coefficient (Wildman–Crippen LogP) is 1.41. The molecule has 118 valence electrons. The highest BCUT2D eigenvalue weighted by Gasteiger charge is 2.27. The molecule has 1 heterocycles. The van der Waals surface area contributed by atoms with Crippen molar-refractivity contribution in [3.8, 4) is 0 Å². The maximum absolute atomic E-state index is 11.8. The number of nitrogens with zero attached hydrogens (tertiary/aromatic N) is 2. The highest BCUT2D eigenvalue weighted by atomic mass is 32.2. The summed E-state index contributed by atoms with van der Waals surface area (Å²) in [4.78, 5) is 26.5. The molecular weight excluding hydrogens is 311 g/mol. The van der Waals surface area contributed by atoms with E-state index in [9.17, 15) is 22.8 Å². The van der Waals surface area contributed by atoms with Crippen molar-refractivity contribution in [1.29, 1.82) is 0 Å². The maximum atomic E-state index is 11.8. The molecule has 0 aliphatic heterocycles. The highest BCUT2D eigenvalue weighted by molar-refractivity contribution is 7.99. The molecule has 0 atom stereocenters. The summed E-state index contributed by atoms with van der Waals surface area (Å²) in [5.41, 5.74) is 0. The van der Waals surface area contributed by atoms with Gasteiger partial charge in [-0.2, -0.15) is 13.2 Å². The largest absolute Gasteiger partial charge is 0.405 e. The molecule has 21 heavy (non-hydrogen) atoms. The Kier molecular flexibility index (Phi) is 6.00. The second-order valence-corrected chi connectivity index (χ2v) is 5.24. The van der Waals surface area contributed by atoms with Gasteiger partial charge in [0.15, 0.2) is 0 Å². The van der Waals surface area contributed by atoms with Gasteiger partial charge in [0.05, 0.1) is 5.75 Å². The molecule has 7 nitrogen and oxygen atoms in total. The molecule has 1 rings (SSSR count). The van der Waals surface area contributed by atoms with E-state index >= 15 is 0 Å². The molecule has 3 N–H and O–H groups in total. The van der Waals surface area contributed by atoms with Crippen molar-refractivity contribution >= 4 is 23.7 Å². The maximum Gasteiger partial charge on any atom is 0.405 e. The van der Waals surface area contributed by atoms with Gasteiger partial charge in [-0.3, -0.25) is 15.2 Å². The number of nitrogens with one attached hydrogen (secondary N) is 3. The van der Waals surface area contributed by atoms with Crippen LogP contribution in [0.2, 0.25) is 0 Å². The number of carbonyl (C=O) groups is 2. The summed E-state index contributed by atoms with van der Waals surface area (Å²) < 4.78 is 35.5. The number of urea groups is 1. The van der Waals surface area contributed by atoms with E-state index in [2.05, 4.69) is 15.2 Å². The topological polar surface area (TPSA) is 99.8 Å². The fraction of sp³-hybridized carbons (Fsp3) is 0.600. The molecule has 0 aromatic carbocycles. The van der Waals surface area contributed by atoms with E-state index < -0.39 is 24.7 Å². The third kappa shape index (κ3) is 6.97. The first-order chi connectivity index (χ1) is 9.67. The summed E-state index contributed by atoms with van der Waals surface area (Å²) in [6.07, 6.45) is -4.53. The van der Waals surface area contributed by atoms with Crippen molar-refractivity contribution in [3.63, 3.8) is 0 Å². The highest BCUT2D eigenvalue weighted by Crippen LogP contribution is 2.15. The van der Waals surface area contributed by atoms with Crippen LogP contribution in [-0.2, 0) is 4.79 Å². The quantitative estimate of drug-likeness (QED) is 0.711. The van der Waals surface area contributed by atoms with Gasteiger partial charge in [-0.15, -0.1) is 5.10 Å². The lowest BCUT2D eigenvalue weighted by Crippen LogP contribution is -2.43. The molecule has 0 bridgehead atoms. The molecule has 0 unspecified atom stereocenters. The summed E-state index contributed by atoms with van der Waals surface area (Å²) >= 11 is 0.965. The zero-order chi connectivity index (χ0) is 16.0. The Hall–Kier alpha value is -1.78. The van der Waals surface area contributed by atoms with Crippen LogP contribution >= 0.6 is 11.8 Å². The Morgan fingerprint density at radius 2 is 2.05 bits per heavy atom. The zero-order valence-corrected chi connectivity index (χ0v) is 12.1. The number of hydrogen-bond donors (Lipinski definition) is 3. The van der Waals surface area contributed by atoms with E-state index in [1.165, 1.54) is 5.32 Å². The number of imide groups is 1. The summed E-state index contributed by atoms with van der Waals surface area (Å²) in [7, 11) is 0. The number of halogens is 3. The Bertz CT molecular complexity index is 503. The lowest BCUT2D eigenvalue weighted by molar-refractivity contribution is -0.124. The number of aromatic nitrogens is 3. The van der Waals surface area contributed by atoms with E-state index in [1.807, 2.05) is 13.8 Å².